The normalized spacial score (nSPS) is 22.7. The maximum atomic E-state index is 4.37. The smallest absolute Gasteiger partial charge is 0.129 e. The number of pyridine rings is 1. The Morgan fingerprint density at radius 3 is 3.13 bits per heavy atom. The second kappa shape index (κ2) is 4.62. The van der Waals surface area contributed by atoms with Crippen LogP contribution < -0.4 is 5.32 Å². The second-order valence-corrected chi connectivity index (χ2v) is 4.41. The number of anilines is 1. The lowest BCUT2D eigenvalue weighted by Gasteiger charge is -2.30. The molecule has 15 heavy (non-hydrogen) atoms. The average Bonchev–Trinajstić information content (AvgIpc) is 2.22. The number of nitrogens with one attached hydrogen (secondary N) is 1. The second-order valence-electron chi connectivity index (χ2n) is 4.41. The predicted molar refractivity (Wildman–Crippen MR) is 63.1 cm³/mol. The first-order valence-corrected chi connectivity index (χ1v) is 5.62. The van der Waals surface area contributed by atoms with E-state index in [9.17, 15) is 0 Å². The van der Waals surface area contributed by atoms with Crippen LogP contribution in [0.2, 0.25) is 0 Å². The minimum Gasteiger partial charge on any atom is -0.366 e. The summed E-state index contributed by atoms with van der Waals surface area (Å²) in [5.74, 6) is 1.04. The fraction of sp³-hybridized carbons (Fsp3) is 0.583. The van der Waals surface area contributed by atoms with Crippen LogP contribution in [0.1, 0.15) is 18.4 Å². The fourth-order valence-corrected chi connectivity index (χ4v) is 2.11. The van der Waals surface area contributed by atoms with Crippen molar-refractivity contribution < 1.29 is 0 Å². The van der Waals surface area contributed by atoms with E-state index in [2.05, 4.69) is 35.2 Å². The first-order valence-electron chi connectivity index (χ1n) is 5.62. The summed E-state index contributed by atoms with van der Waals surface area (Å²) in [7, 11) is 2.18. The Morgan fingerprint density at radius 1 is 1.53 bits per heavy atom. The molecule has 0 saturated carbocycles. The van der Waals surface area contributed by atoms with E-state index in [-0.39, 0.29) is 0 Å². The lowest BCUT2D eigenvalue weighted by Crippen LogP contribution is -2.40. The summed E-state index contributed by atoms with van der Waals surface area (Å²) >= 11 is 0. The van der Waals surface area contributed by atoms with Gasteiger partial charge in [-0.15, -0.1) is 0 Å². The Hall–Kier alpha value is -1.09. The van der Waals surface area contributed by atoms with E-state index in [1.807, 2.05) is 12.3 Å². The molecule has 0 aliphatic carbocycles. The molecule has 0 aromatic carbocycles. The number of hydrogen-bond acceptors (Lipinski definition) is 3. The molecular formula is C12H19N3. The first kappa shape index (κ1) is 10.4. The topological polar surface area (TPSA) is 28.2 Å². The van der Waals surface area contributed by atoms with Gasteiger partial charge in [-0.2, -0.15) is 0 Å². The fourth-order valence-electron chi connectivity index (χ4n) is 2.11. The van der Waals surface area contributed by atoms with Crippen LogP contribution in [0.25, 0.3) is 0 Å². The van der Waals surface area contributed by atoms with E-state index in [1.165, 1.54) is 24.9 Å². The molecule has 1 atom stereocenters. The van der Waals surface area contributed by atoms with Crippen LogP contribution >= 0.6 is 0 Å². The molecule has 1 N–H and O–H groups in total. The third-order valence-electron chi connectivity index (χ3n) is 2.97. The van der Waals surface area contributed by atoms with Crippen LogP contribution in [0.15, 0.2) is 18.3 Å². The zero-order valence-corrected chi connectivity index (χ0v) is 9.53. The molecule has 1 aliphatic rings. The van der Waals surface area contributed by atoms with Crippen LogP contribution in [0.3, 0.4) is 0 Å². The molecule has 82 valence electrons. The van der Waals surface area contributed by atoms with E-state index in [4.69, 9.17) is 0 Å². The highest BCUT2D eigenvalue weighted by Gasteiger charge is 2.17. The Bertz CT molecular complexity index is 324. The van der Waals surface area contributed by atoms with Gasteiger partial charge >= 0.3 is 0 Å². The highest BCUT2D eigenvalue weighted by atomic mass is 15.1. The number of hydrogen-bond donors (Lipinski definition) is 1. The molecule has 1 saturated heterocycles. The standard InChI is InChI=1S/C12H19N3/c1-10-5-3-7-13-12(10)14-11-6-4-8-15(2)9-11/h3,5,7,11H,4,6,8-9H2,1-2H3,(H,13,14). The SMILES string of the molecule is Cc1cccnc1NC1CCCN(C)C1. The van der Waals surface area contributed by atoms with Crippen LogP contribution in [-0.4, -0.2) is 36.1 Å². The largest absolute Gasteiger partial charge is 0.366 e. The Balaban J connectivity index is 1.99. The van der Waals surface area contributed by atoms with Crippen LogP contribution in [0.5, 0.6) is 0 Å². The maximum absolute atomic E-state index is 4.37. The van der Waals surface area contributed by atoms with Gasteiger partial charge in [-0.3, -0.25) is 0 Å². The number of piperidine rings is 1. The third-order valence-corrected chi connectivity index (χ3v) is 2.97. The molecule has 0 radical (unpaired) electrons. The molecule has 1 aromatic heterocycles. The van der Waals surface area contributed by atoms with Crippen LogP contribution in [0, 0.1) is 6.92 Å². The quantitative estimate of drug-likeness (QED) is 0.799. The molecule has 3 nitrogen and oxygen atoms in total. The van der Waals surface area contributed by atoms with Gasteiger partial charge in [0.15, 0.2) is 0 Å². The van der Waals surface area contributed by atoms with Gasteiger partial charge in [-0.1, -0.05) is 6.07 Å². The molecular weight excluding hydrogens is 186 g/mol. The van der Waals surface area contributed by atoms with Crippen molar-refractivity contribution in [2.75, 3.05) is 25.5 Å². The third kappa shape index (κ3) is 2.69. The molecule has 2 heterocycles. The molecule has 1 aliphatic heterocycles. The van der Waals surface area contributed by atoms with E-state index in [0.717, 1.165) is 12.4 Å². The van der Waals surface area contributed by atoms with Gasteiger partial charge in [-0.05, 0) is 45.0 Å². The minimum absolute atomic E-state index is 0.553. The first-order chi connectivity index (χ1) is 7.25. The van der Waals surface area contributed by atoms with Crippen molar-refractivity contribution in [2.45, 2.75) is 25.8 Å². The van der Waals surface area contributed by atoms with Crippen molar-refractivity contribution in [2.24, 2.45) is 0 Å². The van der Waals surface area contributed by atoms with Crippen molar-refractivity contribution in [1.82, 2.24) is 9.88 Å². The Kier molecular flexibility index (Phi) is 3.21. The van der Waals surface area contributed by atoms with Crippen LogP contribution in [0.4, 0.5) is 5.82 Å². The van der Waals surface area contributed by atoms with Crippen molar-refractivity contribution in [3.8, 4) is 0 Å². The van der Waals surface area contributed by atoms with E-state index < -0.39 is 0 Å². The number of nitrogens with zero attached hydrogens (tertiary/aromatic N) is 2. The molecule has 3 heteroatoms. The molecule has 0 amide bonds. The number of aromatic nitrogens is 1. The zero-order valence-electron chi connectivity index (χ0n) is 9.53. The summed E-state index contributed by atoms with van der Waals surface area (Å²) in [6.07, 6.45) is 4.38. The average molecular weight is 205 g/mol. The van der Waals surface area contributed by atoms with Crippen molar-refractivity contribution in [1.29, 1.82) is 0 Å². The van der Waals surface area contributed by atoms with Gasteiger partial charge in [0.1, 0.15) is 5.82 Å². The highest BCUT2D eigenvalue weighted by molar-refractivity contribution is 5.43. The lowest BCUT2D eigenvalue weighted by molar-refractivity contribution is 0.260. The molecule has 0 spiro atoms. The Labute approximate surface area is 91.5 Å². The van der Waals surface area contributed by atoms with E-state index >= 15 is 0 Å². The predicted octanol–water partition coefficient (Wildman–Crippen LogP) is 1.90. The number of aryl methyl sites for hydroxylation is 1. The van der Waals surface area contributed by atoms with E-state index in [0.29, 0.717) is 6.04 Å². The van der Waals surface area contributed by atoms with Crippen molar-refractivity contribution in [3.63, 3.8) is 0 Å². The lowest BCUT2D eigenvalue weighted by atomic mass is 10.1. The summed E-state index contributed by atoms with van der Waals surface area (Å²) in [4.78, 5) is 6.74. The van der Waals surface area contributed by atoms with Crippen LogP contribution in [-0.2, 0) is 0 Å². The van der Waals surface area contributed by atoms with Gasteiger partial charge in [0.2, 0.25) is 0 Å². The minimum atomic E-state index is 0.553. The number of likely N-dealkylation sites (N-methyl/N-ethyl adjacent to an activating group) is 1. The molecule has 0 bridgehead atoms. The van der Waals surface area contributed by atoms with Crippen molar-refractivity contribution in [3.05, 3.63) is 23.9 Å². The summed E-state index contributed by atoms with van der Waals surface area (Å²) < 4.78 is 0. The number of rotatable bonds is 2. The van der Waals surface area contributed by atoms with Gasteiger partial charge in [-0.25, -0.2) is 4.98 Å². The Morgan fingerprint density at radius 2 is 2.40 bits per heavy atom. The number of likely N-dealkylation sites (tertiary alicyclic amines) is 1. The van der Waals surface area contributed by atoms with Gasteiger partial charge in [0.25, 0.3) is 0 Å². The highest BCUT2D eigenvalue weighted by Crippen LogP contribution is 2.15. The molecule has 2 rings (SSSR count). The van der Waals surface area contributed by atoms with Gasteiger partial charge in [0.05, 0.1) is 0 Å². The van der Waals surface area contributed by atoms with Crippen molar-refractivity contribution >= 4 is 5.82 Å². The molecule has 1 unspecified atom stereocenters. The van der Waals surface area contributed by atoms with Gasteiger partial charge in [0, 0.05) is 18.8 Å². The summed E-state index contributed by atoms with van der Waals surface area (Å²) in [5.41, 5.74) is 1.23. The monoisotopic (exact) mass is 205 g/mol. The zero-order chi connectivity index (χ0) is 10.7. The summed E-state index contributed by atoms with van der Waals surface area (Å²) in [5, 5.41) is 3.53. The molecule has 1 aromatic rings. The molecule has 1 fully saturated rings. The summed E-state index contributed by atoms with van der Waals surface area (Å²) in [6, 6.07) is 4.63. The summed E-state index contributed by atoms with van der Waals surface area (Å²) in [6.45, 7) is 4.44. The van der Waals surface area contributed by atoms with Gasteiger partial charge < -0.3 is 10.2 Å². The maximum Gasteiger partial charge on any atom is 0.129 e. The van der Waals surface area contributed by atoms with E-state index in [1.54, 1.807) is 0 Å².